The van der Waals surface area contributed by atoms with Crippen LogP contribution >= 0.6 is 11.3 Å². The van der Waals surface area contributed by atoms with Gasteiger partial charge in [-0.1, -0.05) is 20.3 Å². The van der Waals surface area contributed by atoms with E-state index in [1.54, 1.807) is 17.4 Å². The second-order valence-corrected chi connectivity index (χ2v) is 5.22. The van der Waals surface area contributed by atoms with Gasteiger partial charge in [0.05, 0.1) is 15.9 Å². The lowest BCUT2D eigenvalue weighted by Gasteiger charge is -2.07. The third-order valence-electron chi connectivity index (χ3n) is 2.80. The Kier molecular flexibility index (Phi) is 3.01. The van der Waals surface area contributed by atoms with Gasteiger partial charge in [-0.3, -0.25) is 4.79 Å². The summed E-state index contributed by atoms with van der Waals surface area (Å²) in [5, 5.41) is 0. The minimum atomic E-state index is -0.0910. The first kappa shape index (κ1) is 11.2. The Bertz CT molecular complexity index is 556. The van der Waals surface area contributed by atoms with E-state index in [9.17, 15) is 4.79 Å². The predicted molar refractivity (Wildman–Crippen MR) is 70.2 cm³/mol. The van der Waals surface area contributed by atoms with Gasteiger partial charge in [0, 0.05) is 10.9 Å². The first-order valence-electron chi connectivity index (χ1n) is 5.54. The fourth-order valence-corrected chi connectivity index (χ4v) is 3.14. The number of rotatable bonds is 3. The van der Waals surface area contributed by atoms with Gasteiger partial charge in [0.25, 0.3) is 0 Å². The van der Waals surface area contributed by atoms with Crippen LogP contribution in [-0.4, -0.2) is 4.98 Å². The molecule has 0 aliphatic rings. The minimum Gasteiger partial charge on any atom is -0.396 e. The number of nitrogen functional groups attached to an aromatic ring is 1. The van der Waals surface area contributed by atoms with Crippen LogP contribution in [0.2, 0.25) is 0 Å². The maximum Gasteiger partial charge on any atom is 0.248 e. The van der Waals surface area contributed by atoms with Crippen LogP contribution in [0.3, 0.4) is 0 Å². The van der Waals surface area contributed by atoms with Crippen LogP contribution in [0.1, 0.15) is 37.5 Å². The molecule has 0 saturated carbocycles. The SMILES string of the molecule is CCCC(C)c1sc2ccc(=O)[nH]c2c1N. The van der Waals surface area contributed by atoms with Crippen molar-refractivity contribution >= 4 is 27.2 Å². The van der Waals surface area contributed by atoms with Crippen molar-refractivity contribution in [1.29, 1.82) is 0 Å². The molecule has 3 N–H and O–H groups in total. The number of H-pyrrole nitrogens is 1. The van der Waals surface area contributed by atoms with Crippen LogP contribution in [0.25, 0.3) is 10.2 Å². The number of nitrogens with two attached hydrogens (primary N) is 1. The van der Waals surface area contributed by atoms with Crippen molar-refractivity contribution in [3.05, 3.63) is 27.4 Å². The lowest BCUT2D eigenvalue weighted by Crippen LogP contribution is -2.03. The molecule has 3 nitrogen and oxygen atoms in total. The van der Waals surface area contributed by atoms with E-state index in [4.69, 9.17) is 5.73 Å². The first-order valence-corrected chi connectivity index (χ1v) is 6.36. The summed E-state index contributed by atoms with van der Waals surface area (Å²) in [5.41, 5.74) is 7.54. The smallest absolute Gasteiger partial charge is 0.248 e. The molecule has 4 heteroatoms. The summed E-state index contributed by atoms with van der Waals surface area (Å²) in [6.07, 6.45) is 2.27. The van der Waals surface area contributed by atoms with Crippen molar-refractivity contribution in [1.82, 2.24) is 4.98 Å². The molecular weight excluding hydrogens is 220 g/mol. The summed E-state index contributed by atoms with van der Waals surface area (Å²) >= 11 is 1.69. The number of pyridine rings is 1. The van der Waals surface area contributed by atoms with Gasteiger partial charge in [0.15, 0.2) is 0 Å². The lowest BCUT2D eigenvalue weighted by atomic mass is 10.0. The molecule has 86 valence electrons. The molecule has 2 aromatic rings. The Morgan fingerprint density at radius 1 is 1.50 bits per heavy atom. The molecule has 2 rings (SSSR count). The first-order chi connectivity index (χ1) is 7.63. The maximum atomic E-state index is 11.2. The zero-order valence-electron chi connectivity index (χ0n) is 9.54. The van der Waals surface area contributed by atoms with Crippen LogP contribution < -0.4 is 11.3 Å². The fourth-order valence-electron chi connectivity index (χ4n) is 1.97. The highest BCUT2D eigenvalue weighted by Crippen LogP contribution is 2.38. The van der Waals surface area contributed by atoms with Gasteiger partial charge in [-0.05, 0) is 18.4 Å². The van der Waals surface area contributed by atoms with E-state index < -0.39 is 0 Å². The number of aromatic amines is 1. The topological polar surface area (TPSA) is 58.9 Å². The molecule has 1 atom stereocenters. The van der Waals surface area contributed by atoms with Gasteiger partial charge in [-0.25, -0.2) is 0 Å². The molecule has 0 aliphatic heterocycles. The average molecular weight is 236 g/mol. The quantitative estimate of drug-likeness (QED) is 0.860. The Hall–Kier alpha value is -1.29. The van der Waals surface area contributed by atoms with Crippen molar-refractivity contribution in [3.8, 4) is 0 Å². The number of aromatic nitrogens is 1. The summed E-state index contributed by atoms with van der Waals surface area (Å²) in [6, 6.07) is 3.39. The van der Waals surface area contributed by atoms with Gasteiger partial charge in [0.1, 0.15) is 0 Å². The molecule has 0 aromatic carbocycles. The minimum absolute atomic E-state index is 0.0910. The number of thiophene rings is 1. The van der Waals surface area contributed by atoms with Crippen LogP contribution in [0.4, 0.5) is 5.69 Å². The summed E-state index contributed by atoms with van der Waals surface area (Å²) < 4.78 is 1.06. The molecular formula is C12H16N2OS. The van der Waals surface area contributed by atoms with Crippen molar-refractivity contribution in [3.63, 3.8) is 0 Å². The Balaban J connectivity index is 2.56. The van der Waals surface area contributed by atoms with Gasteiger partial charge in [-0.2, -0.15) is 0 Å². The van der Waals surface area contributed by atoms with E-state index >= 15 is 0 Å². The highest BCUT2D eigenvalue weighted by molar-refractivity contribution is 7.19. The van der Waals surface area contributed by atoms with E-state index in [1.165, 1.54) is 4.88 Å². The lowest BCUT2D eigenvalue weighted by molar-refractivity contribution is 0.676. The zero-order valence-corrected chi connectivity index (χ0v) is 10.4. The van der Waals surface area contributed by atoms with Gasteiger partial charge in [0.2, 0.25) is 5.56 Å². The summed E-state index contributed by atoms with van der Waals surface area (Å²) in [7, 11) is 0. The van der Waals surface area contributed by atoms with Crippen LogP contribution in [0.15, 0.2) is 16.9 Å². The van der Waals surface area contributed by atoms with Gasteiger partial charge < -0.3 is 10.7 Å². The molecule has 16 heavy (non-hydrogen) atoms. The molecule has 2 heterocycles. The van der Waals surface area contributed by atoms with Crippen molar-refractivity contribution in [2.45, 2.75) is 32.6 Å². The largest absolute Gasteiger partial charge is 0.396 e. The van der Waals surface area contributed by atoms with Gasteiger partial charge in [-0.15, -0.1) is 11.3 Å². The number of hydrogen-bond acceptors (Lipinski definition) is 3. The van der Waals surface area contributed by atoms with Gasteiger partial charge >= 0.3 is 0 Å². The number of hydrogen-bond donors (Lipinski definition) is 2. The van der Waals surface area contributed by atoms with E-state index in [1.807, 2.05) is 6.07 Å². The highest BCUT2D eigenvalue weighted by Gasteiger charge is 2.15. The summed E-state index contributed by atoms with van der Waals surface area (Å²) in [4.78, 5) is 15.2. The van der Waals surface area contributed by atoms with Crippen molar-refractivity contribution in [2.75, 3.05) is 5.73 Å². The summed E-state index contributed by atoms with van der Waals surface area (Å²) in [6.45, 7) is 4.35. The third kappa shape index (κ3) is 1.85. The Labute approximate surface area is 98.3 Å². The Morgan fingerprint density at radius 2 is 2.25 bits per heavy atom. The van der Waals surface area contributed by atoms with Crippen molar-refractivity contribution in [2.24, 2.45) is 0 Å². The average Bonchev–Trinajstić information content (AvgIpc) is 2.57. The zero-order chi connectivity index (χ0) is 11.7. The van der Waals surface area contributed by atoms with E-state index in [0.717, 1.165) is 28.7 Å². The van der Waals surface area contributed by atoms with Crippen LogP contribution in [-0.2, 0) is 0 Å². The monoisotopic (exact) mass is 236 g/mol. The second-order valence-electron chi connectivity index (χ2n) is 4.13. The summed E-state index contributed by atoms with van der Waals surface area (Å²) in [5.74, 6) is 0.464. The van der Waals surface area contributed by atoms with E-state index in [0.29, 0.717) is 5.92 Å². The molecule has 1 unspecified atom stereocenters. The molecule has 2 aromatic heterocycles. The second kappa shape index (κ2) is 4.29. The maximum absolute atomic E-state index is 11.2. The molecule has 0 fully saturated rings. The Morgan fingerprint density at radius 3 is 2.94 bits per heavy atom. The molecule has 0 amide bonds. The number of anilines is 1. The molecule has 0 spiro atoms. The highest BCUT2D eigenvalue weighted by atomic mass is 32.1. The molecule has 0 saturated heterocycles. The number of fused-ring (bicyclic) bond motifs is 1. The molecule has 0 bridgehead atoms. The predicted octanol–water partition coefficient (Wildman–Crippen LogP) is 3.08. The molecule has 0 aliphatic carbocycles. The van der Waals surface area contributed by atoms with E-state index in [-0.39, 0.29) is 5.56 Å². The standard InChI is InChI=1S/C12H16N2OS/c1-3-4-7(2)12-10(13)11-8(16-12)5-6-9(15)14-11/h5-7H,3-4,13H2,1-2H3,(H,14,15). The van der Waals surface area contributed by atoms with E-state index in [2.05, 4.69) is 18.8 Å². The van der Waals surface area contributed by atoms with Crippen LogP contribution in [0.5, 0.6) is 0 Å². The third-order valence-corrected chi connectivity index (χ3v) is 4.21. The fraction of sp³-hybridized carbons (Fsp3) is 0.417. The normalized spacial score (nSPS) is 13.1. The number of nitrogens with one attached hydrogen (secondary N) is 1. The van der Waals surface area contributed by atoms with Crippen molar-refractivity contribution < 1.29 is 0 Å². The molecule has 0 radical (unpaired) electrons. The van der Waals surface area contributed by atoms with Crippen LogP contribution in [0, 0.1) is 0 Å².